The highest BCUT2D eigenvalue weighted by Crippen LogP contribution is 2.36. The van der Waals surface area contributed by atoms with Gasteiger partial charge in [0.05, 0.1) is 18.1 Å². The molecule has 7 amide bonds. The third-order valence-electron chi connectivity index (χ3n) is 15.6. The Hall–Kier alpha value is -6.91. The van der Waals surface area contributed by atoms with E-state index in [-0.39, 0.29) is 61.6 Å². The summed E-state index contributed by atoms with van der Waals surface area (Å²) in [6.45, 7) is 15.6. The molecular formula is C61H81N9O7. The normalized spacial score (nSPS) is 19.8. The van der Waals surface area contributed by atoms with Crippen molar-refractivity contribution in [1.82, 2.24) is 46.6 Å². The van der Waals surface area contributed by atoms with Gasteiger partial charge < -0.3 is 46.6 Å². The lowest BCUT2D eigenvalue weighted by atomic mass is 9.83. The van der Waals surface area contributed by atoms with Crippen molar-refractivity contribution >= 4 is 41.4 Å². The van der Waals surface area contributed by atoms with Crippen LogP contribution in [0.25, 0.3) is 0 Å². The summed E-state index contributed by atoms with van der Waals surface area (Å²) < 4.78 is 0. The Morgan fingerprint density at radius 1 is 0.636 bits per heavy atom. The first-order chi connectivity index (χ1) is 36.6. The lowest BCUT2D eigenvalue weighted by Gasteiger charge is -2.42. The number of nitrogens with one attached hydrogen (secondary N) is 6. The Morgan fingerprint density at radius 2 is 1.18 bits per heavy atom. The molecule has 0 radical (unpaired) electrons. The molecule has 6 N–H and O–H groups in total. The second-order valence-electron chi connectivity index (χ2n) is 23.3. The standard InChI is InChI=1S/C61H81N9O7/c1-38(62-9)53(71)66-51(60(3,4)5)58(76)69-34-32-43-22-15-17-25-47(43)50(69)57(75)68(33-31-40-19-12-11-13-20-40)36-41-27-29-44(30-28-41)55(73)64-45-35-49(56(74)65-48-26-18-23-42-21-14-16-24-46(42)48)70(37-45)59(77)52(61(6,7)8)67-54(72)39(2)63-10/h11-17,19-22,24-25,27-30,38-39,45,48-52,62-63H,18,23,26,31-37H2,1-10H3,(H,64,73)(H,65,74)(H,66,71)(H,67,72)/t38-,39-,45-,48?,49?,50?,51+,52+/m0/s1. The highest BCUT2D eigenvalue weighted by Gasteiger charge is 2.47. The monoisotopic (exact) mass is 1050 g/mol. The summed E-state index contributed by atoms with van der Waals surface area (Å²) in [6.07, 6.45) is 3.83. The summed E-state index contributed by atoms with van der Waals surface area (Å²) >= 11 is 0. The smallest absolute Gasteiger partial charge is 0.251 e. The Labute approximate surface area is 455 Å². The third-order valence-corrected chi connectivity index (χ3v) is 15.6. The maximum Gasteiger partial charge on any atom is 0.251 e. The van der Waals surface area contributed by atoms with E-state index in [2.05, 4.69) is 38.0 Å². The van der Waals surface area contributed by atoms with Crippen LogP contribution in [-0.2, 0) is 54.6 Å². The Bertz CT molecular complexity index is 2750. The van der Waals surface area contributed by atoms with Gasteiger partial charge in [-0.05, 0) is 123 Å². The molecule has 16 nitrogen and oxygen atoms in total. The van der Waals surface area contributed by atoms with Crippen LogP contribution in [0.15, 0.2) is 103 Å². The zero-order valence-corrected chi connectivity index (χ0v) is 46.7. The number of hydrogen-bond donors (Lipinski definition) is 6. The average Bonchev–Trinajstić information content (AvgIpc) is 3.87. The summed E-state index contributed by atoms with van der Waals surface area (Å²) in [7, 11) is 3.36. The molecule has 1 aliphatic carbocycles. The largest absolute Gasteiger partial charge is 0.347 e. The number of aryl methyl sites for hydroxylation is 1. The van der Waals surface area contributed by atoms with E-state index in [1.165, 1.54) is 10.5 Å². The quantitative estimate of drug-likeness (QED) is 0.0739. The number of benzene rings is 4. The number of carbonyl (C=O) groups excluding carboxylic acids is 7. The number of nitrogens with zero attached hydrogens (tertiary/aromatic N) is 3. The second kappa shape index (κ2) is 25.0. The first-order valence-corrected chi connectivity index (χ1v) is 27.3. The van der Waals surface area contributed by atoms with Gasteiger partial charge in [0.15, 0.2) is 0 Å². The molecule has 2 aliphatic heterocycles. The number of hydrogen-bond acceptors (Lipinski definition) is 9. The van der Waals surface area contributed by atoms with Gasteiger partial charge in [-0.1, -0.05) is 133 Å². The molecule has 412 valence electrons. The van der Waals surface area contributed by atoms with Crippen molar-refractivity contribution in [2.45, 2.75) is 149 Å². The van der Waals surface area contributed by atoms with Crippen molar-refractivity contribution in [3.63, 3.8) is 0 Å². The molecule has 77 heavy (non-hydrogen) atoms. The molecule has 0 aromatic heterocycles. The average molecular weight is 1050 g/mol. The van der Waals surface area contributed by atoms with E-state index < -0.39 is 64.9 Å². The number of carbonyl (C=O) groups is 7. The minimum Gasteiger partial charge on any atom is -0.347 e. The maximum atomic E-state index is 15.4. The van der Waals surface area contributed by atoms with Gasteiger partial charge in [-0.25, -0.2) is 0 Å². The van der Waals surface area contributed by atoms with E-state index in [9.17, 15) is 28.8 Å². The van der Waals surface area contributed by atoms with Crippen LogP contribution in [0, 0.1) is 10.8 Å². The molecule has 2 heterocycles. The van der Waals surface area contributed by atoms with Crippen LogP contribution in [-0.4, -0.2) is 126 Å². The van der Waals surface area contributed by atoms with Crippen molar-refractivity contribution < 1.29 is 33.6 Å². The number of fused-ring (bicyclic) bond motifs is 2. The van der Waals surface area contributed by atoms with E-state index in [0.29, 0.717) is 24.9 Å². The van der Waals surface area contributed by atoms with Crippen molar-refractivity contribution in [3.05, 3.63) is 142 Å². The SMILES string of the molecule is CN[C@@H](C)C(=O)N[C@H](C(=O)N1C[C@@H](NC(=O)c2ccc(CN(CCc3ccccc3)C(=O)C3c4ccccc4CCN3C(=O)[C@@H](NC(=O)[C@H](C)NC)C(C)(C)C)cc2)CC1C(=O)NC1CCCc2ccccc21)C(C)(C)C. The Balaban J connectivity index is 1.13. The predicted molar refractivity (Wildman–Crippen MR) is 298 cm³/mol. The van der Waals surface area contributed by atoms with Crippen LogP contribution in [0.1, 0.15) is 130 Å². The summed E-state index contributed by atoms with van der Waals surface area (Å²) in [4.78, 5) is 105. The van der Waals surface area contributed by atoms with Gasteiger partial charge in [0.25, 0.3) is 5.91 Å². The molecule has 3 unspecified atom stereocenters. The zero-order chi connectivity index (χ0) is 55.8. The lowest BCUT2D eigenvalue weighted by molar-refractivity contribution is -0.151. The molecule has 3 aliphatic rings. The maximum absolute atomic E-state index is 15.4. The van der Waals surface area contributed by atoms with Crippen molar-refractivity contribution in [1.29, 1.82) is 0 Å². The van der Waals surface area contributed by atoms with E-state index in [1.54, 1.807) is 49.9 Å². The lowest BCUT2D eigenvalue weighted by Crippen LogP contribution is -2.60. The van der Waals surface area contributed by atoms with Crippen LogP contribution in [0.5, 0.6) is 0 Å². The molecule has 0 saturated carbocycles. The molecule has 7 rings (SSSR count). The van der Waals surface area contributed by atoms with E-state index >= 15 is 4.79 Å². The van der Waals surface area contributed by atoms with Crippen molar-refractivity contribution in [2.75, 3.05) is 33.7 Å². The van der Waals surface area contributed by atoms with Gasteiger partial charge >= 0.3 is 0 Å². The van der Waals surface area contributed by atoms with Gasteiger partial charge in [0, 0.05) is 37.8 Å². The number of likely N-dealkylation sites (N-methyl/N-ethyl adjacent to an activating group) is 2. The molecule has 4 aromatic carbocycles. The molecule has 1 fully saturated rings. The molecule has 4 aromatic rings. The molecular weight excluding hydrogens is 971 g/mol. The van der Waals surface area contributed by atoms with E-state index in [0.717, 1.165) is 47.1 Å². The second-order valence-corrected chi connectivity index (χ2v) is 23.3. The first-order valence-electron chi connectivity index (χ1n) is 27.3. The fraction of sp³-hybridized carbons (Fsp3) is 0.492. The summed E-state index contributed by atoms with van der Waals surface area (Å²) in [5, 5.41) is 18.2. The van der Waals surface area contributed by atoms with Crippen molar-refractivity contribution in [3.8, 4) is 0 Å². The first kappa shape index (κ1) is 57.8. The summed E-state index contributed by atoms with van der Waals surface area (Å²) in [5.74, 6) is -2.38. The fourth-order valence-corrected chi connectivity index (χ4v) is 10.7. The third kappa shape index (κ3) is 14.0. The van der Waals surface area contributed by atoms with Crippen LogP contribution < -0.4 is 31.9 Å². The minimum atomic E-state index is -0.967. The Morgan fingerprint density at radius 3 is 1.77 bits per heavy atom. The van der Waals surface area contributed by atoms with Gasteiger partial charge in [0.1, 0.15) is 24.2 Å². The van der Waals surface area contributed by atoms with Crippen LogP contribution >= 0.6 is 0 Å². The zero-order valence-electron chi connectivity index (χ0n) is 46.7. The summed E-state index contributed by atoms with van der Waals surface area (Å²) in [6, 6.07) is 27.0. The summed E-state index contributed by atoms with van der Waals surface area (Å²) in [5.41, 5.74) is 4.70. The van der Waals surface area contributed by atoms with E-state index in [4.69, 9.17) is 0 Å². The van der Waals surface area contributed by atoms with Gasteiger partial charge in [-0.15, -0.1) is 0 Å². The molecule has 0 bridgehead atoms. The van der Waals surface area contributed by atoms with E-state index in [1.807, 2.05) is 126 Å². The number of amides is 7. The number of rotatable bonds is 18. The predicted octanol–water partition coefficient (Wildman–Crippen LogP) is 5.55. The highest BCUT2D eigenvalue weighted by molar-refractivity contribution is 5.97. The topological polar surface area (TPSA) is 201 Å². The van der Waals surface area contributed by atoms with Crippen molar-refractivity contribution in [2.24, 2.45) is 10.8 Å². The van der Waals surface area contributed by atoms with Crippen LogP contribution in [0.2, 0.25) is 0 Å². The van der Waals surface area contributed by atoms with Gasteiger partial charge in [0.2, 0.25) is 35.4 Å². The van der Waals surface area contributed by atoms with Crippen LogP contribution in [0.4, 0.5) is 0 Å². The molecule has 0 spiro atoms. The molecule has 8 atom stereocenters. The van der Waals surface area contributed by atoms with Crippen LogP contribution in [0.3, 0.4) is 0 Å². The van der Waals surface area contributed by atoms with Gasteiger partial charge in [-0.2, -0.15) is 0 Å². The highest BCUT2D eigenvalue weighted by atomic mass is 16.2. The van der Waals surface area contributed by atoms with Gasteiger partial charge in [-0.3, -0.25) is 33.6 Å². The number of likely N-dealkylation sites (tertiary alicyclic amines) is 1. The molecule has 1 saturated heterocycles. The Kier molecular flexibility index (Phi) is 18.8. The minimum absolute atomic E-state index is 0.0479. The molecule has 16 heteroatoms. The fourth-order valence-electron chi connectivity index (χ4n) is 10.7.